The number of amides is 1. The summed E-state index contributed by atoms with van der Waals surface area (Å²) in [5.74, 6) is 0. The molecule has 2 heterocycles. The zero-order valence-corrected chi connectivity index (χ0v) is 13.8. The molecule has 0 saturated heterocycles. The molecule has 6 heteroatoms. The number of aryl methyl sites for hydroxylation is 2. The number of aromatic nitrogens is 2. The maximum atomic E-state index is 12.3. The van der Waals surface area contributed by atoms with Crippen LogP contribution in [0.1, 0.15) is 45.0 Å². The molecular weight excluding hydrogens is 282 g/mol. The van der Waals surface area contributed by atoms with Crippen molar-refractivity contribution in [1.82, 2.24) is 14.5 Å². The van der Waals surface area contributed by atoms with Crippen molar-refractivity contribution in [3.8, 4) is 0 Å². The Hall–Kier alpha value is -2.11. The second-order valence-corrected chi connectivity index (χ2v) is 6.54. The van der Waals surface area contributed by atoms with E-state index in [-0.39, 0.29) is 11.7 Å². The lowest BCUT2D eigenvalue weighted by atomic mass is 10.1. The molecule has 0 spiro atoms. The SMILES string of the molecule is Cc1cn(C2=CN(C(=O)OC(C)(C)C)CCC2)c(=O)c(C)n1. The lowest BCUT2D eigenvalue weighted by Gasteiger charge is -2.28. The van der Waals surface area contributed by atoms with Crippen LogP contribution in [0.4, 0.5) is 4.79 Å². The molecular formula is C16H23N3O3. The van der Waals surface area contributed by atoms with Crippen molar-refractivity contribution in [3.63, 3.8) is 0 Å². The largest absolute Gasteiger partial charge is 0.443 e. The van der Waals surface area contributed by atoms with Crippen LogP contribution in [0.15, 0.2) is 17.2 Å². The Balaban J connectivity index is 2.33. The van der Waals surface area contributed by atoms with Crippen molar-refractivity contribution in [2.24, 2.45) is 0 Å². The summed E-state index contributed by atoms with van der Waals surface area (Å²) in [5, 5.41) is 0. The predicted octanol–water partition coefficient (Wildman–Crippen LogP) is 2.69. The number of nitrogens with zero attached hydrogens (tertiary/aromatic N) is 3. The van der Waals surface area contributed by atoms with Crippen LogP contribution >= 0.6 is 0 Å². The molecule has 1 aromatic rings. The van der Waals surface area contributed by atoms with Crippen molar-refractivity contribution in [2.75, 3.05) is 6.54 Å². The lowest BCUT2D eigenvalue weighted by Crippen LogP contribution is -2.36. The fourth-order valence-corrected chi connectivity index (χ4v) is 2.36. The Labute approximate surface area is 130 Å². The molecule has 0 unspecified atom stereocenters. The average Bonchev–Trinajstić information content (AvgIpc) is 2.41. The van der Waals surface area contributed by atoms with Gasteiger partial charge in [0.15, 0.2) is 0 Å². The highest BCUT2D eigenvalue weighted by Crippen LogP contribution is 2.20. The normalized spacial score (nSPS) is 15.5. The first-order valence-electron chi connectivity index (χ1n) is 7.45. The van der Waals surface area contributed by atoms with E-state index >= 15 is 0 Å². The van der Waals surface area contributed by atoms with Gasteiger partial charge >= 0.3 is 6.09 Å². The van der Waals surface area contributed by atoms with Crippen molar-refractivity contribution in [3.05, 3.63) is 34.1 Å². The fourth-order valence-electron chi connectivity index (χ4n) is 2.36. The van der Waals surface area contributed by atoms with Crippen molar-refractivity contribution >= 4 is 11.8 Å². The van der Waals surface area contributed by atoms with Gasteiger partial charge in [-0.2, -0.15) is 0 Å². The predicted molar refractivity (Wildman–Crippen MR) is 84.4 cm³/mol. The van der Waals surface area contributed by atoms with Gasteiger partial charge in [0.25, 0.3) is 5.56 Å². The second kappa shape index (κ2) is 5.94. The molecule has 1 aliphatic rings. The molecule has 0 N–H and O–H groups in total. The van der Waals surface area contributed by atoms with Gasteiger partial charge in [-0.05, 0) is 47.5 Å². The summed E-state index contributed by atoms with van der Waals surface area (Å²) in [6.07, 6.45) is 4.55. The van der Waals surface area contributed by atoms with E-state index in [9.17, 15) is 9.59 Å². The Kier molecular flexibility index (Phi) is 4.39. The number of hydrogen-bond acceptors (Lipinski definition) is 4. The van der Waals surface area contributed by atoms with Gasteiger partial charge in [0, 0.05) is 24.6 Å². The highest BCUT2D eigenvalue weighted by Gasteiger charge is 2.24. The summed E-state index contributed by atoms with van der Waals surface area (Å²) in [5.41, 5.74) is 1.32. The third-order valence-corrected chi connectivity index (χ3v) is 3.26. The third-order valence-electron chi connectivity index (χ3n) is 3.26. The second-order valence-electron chi connectivity index (χ2n) is 6.54. The van der Waals surface area contributed by atoms with E-state index in [0.29, 0.717) is 12.2 Å². The summed E-state index contributed by atoms with van der Waals surface area (Å²) in [7, 11) is 0. The van der Waals surface area contributed by atoms with Crippen LogP contribution in [0.25, 0.3) is 5.70 Å². The highest BCUT2D eigenvalue weighted by atomic mass is 16.6. The van der Waals surface area contributed by atoms with Crippen molar-refractivity contribution < 1.29 is 9.53 Å². The molecule has 1 amide bonds. The molecule has 0 bridgehead atoms. The maximum Gasteiger partial charge on any atom is 0.414 e. The van der Waals surface area contributed by atoms with Crippen LogP contribution in [0, 0.1) is 13.8 Å². The molecule has 0 aliphatic carbocycles. The Bertz CT molecular complexity index is 668. The molecule has 0 aromatic carbocycles. The van der Waals surface area contributed by atoms with Gasteiger partial charge in [0.2, 0.25) is 0 Å². The summed E-state index contributed by atoms with van der Waals surface area (Å²) >= 11 is 0. The van der Waals surface area contributed by atoms with E-state index in [2.05, 4.69) is 4.98 Å². The van der Waals surface area contributed by atoms with Gasteiger partial charge in [-0.3, -0.25) is 19.2 Å². The standard InChI is InChI=1S/C16H23N3O3/c1-11-9-19(14(20)12(2)17-11)13-7-6-8-18(10-13)15(21)22-16(3,4)5/h9-10H,6-8H2,1-5H3. The Morgan fingerprint density at radius 2 is 2.00 bits per heavy atom. The summed E-state index contributed by atoms with van der Waals surface area (Å²) in [6, 6.07) is 0. The first kappa shape index (κ1) is 16.3. The number of hydrogen-bond donors (Lipinski definition) is 0. The van der Waals surface area contributed by atoms with E-state index in [0.717, 1.165) is 24.2 Å². The average molecular weight is 305 g/mol. The monoisotopic (exact) mass is 305 g/mol. The Morgan fingerprint density at radius 3 is 2.64 bits per heavy atom. The number of carbonyl (C=O) groups excluding carboxylic acids is 1. The first-order valence-corrected chi connectivity index (χ1v) is 7.45. The molecule has 0 atom stereocenters. The number of ether oxygens (including phenoxy) is 1. The molecule has 6 nitrogen and oxygen atoms in total. The van der Waals surface area contributed by atoms with Crippen molar-refractivity contribution in [2.45, 2.75) is 53.1 Å². The molecule has 22 heavy (non-hydrogen) atoms. The molecule has 1 aliphatic heterocycles. The van der Waals surface area contributed by atoms with Gasteiger partial charge in [-0.15, -0.1) is 0 Å². The van der Waals surface area contributed by atoms with E-state index in [1.165, 1.54) is 4.90 Å². The highest BCUT2D eigenvalue weighted by molar-refractivity contribution is 5.71. The zero-order chi connectivity index (χ0) is 16.5. The van der Waals surface area contributed by atoms with Gasteiger partial charge < -0.3 is 4.74 Å². The van der Waals surface area contributed by atoms with Gasteiger partial charge in [0.05, 0.1) is 5.69 Å². The molecule has 0 fully saturated rings. The van der Waals surface area contributed by atoms with Crippen LogP contribution in [-0.2, 0) is 4.74 Å². The lowest BCUT2D eigenvalue weighted by molar-refractivity contribution is 0.0328. The minimum Gasteiger partial charge on any atom is -0.443 e. The van der Waals surface area contributed by atoms with Crippen LogP contribution in [0.2, 0.25) is 0 Å². The third kappa shape index (κ3) is 3.75. The minimum absolute atomic E-state index is 0.150. The quantitative estimate of drug-likeness (QED) is 0.800. The van der Waals surface area contributed by atoms with Gasteiger partial charge in [-0.1, -0.05) is 0 Å². The molecule has 0 saturated carbocycles. The van der Waals surface area contributed by atoms with E-state index in [4.69, 9.17) is 4.74 Å². The van der Waals surface area contributed by atoms with E-state index < -0.39 is 5.60 Å². The first-order chi connectivity index (χ1) is 10.2. The van der Waals surface area contributed by atoms with Crippen molar-refractivity contribution in [1.29, 1.82) is 0 Å². The van der Waals surface area contributed by atoms with E-state index in [1.54, 1.807) is 23.9 Å². The van der Waals surface area contributed by atoms with Crippen LogP contribution in [0.3, 0.4) is 0 Å². The maximum absolute atomic E-state index is 12.3. The number of allylic oxidation sites excluding steroid dienone is 1. The van der Waals surface area contributed by atoms with Crippen LogP contribution in [0.5, 0.6) is 0 Å². The minimum atomic E-state index is -0.538. The fraction of sp³-hybridized carbons (Fsp3) is 0.562. The zero-order valence-electron chi connectivity index (χ0n) is 13.8. The van der Waals surface area contributed by atoms with Gasteiger partial charge in [0.1, 0.15) is 11.3 Å². The molecule has 1 aromatic heterocycles. The van der Waals surface area contributed by atoms with Crippen LogP contribution in [-0.4, -0.2) is 32.7 Å². The smallest absolute Gasteiger partial charge is 0.414 e. The molecule has 2 rings (SSSR count). The summed E-state index contributed by atoms with van der Waals surface area (Å²) in [6.45, 7) is 9.63. The number of rotatable bonds is 1. The Morgan fingerprint density at radius 1 is 1.32 bits per heavy atom. The van der Waals surface area contributed by atoms with Gasteiger partial charge in [-0.25, -0.2) is 4.79 Å². The topological polar surface area (TPSA) is 64.4 Å². The molecule has 120 valence electrons. The molecule has 0 radical (unpaired) electrons. The number of carbonyl (C=O) groups is 1. The van der Waals surface area contributed by atoms with E-state index in [1.807, 2.05) is 27.7 Å². The summed E-state index contributed by atoms with van der Waals surface area (Å²) < 4.78 is 6.96. The van der Waals surface area contributed by atoms with Crippen LogP contribution < -0.4 is 5.56 Å². The summed E-state index contributed by atoms with van der Waals surface area (Å²) in [4.78, 5) is 30.1.